The van der Waals surface area contributed by atoms with Gasteiger partial charge in [-0.05, 0) is 30.7 Å². The monoisotopic (exact) mass is 260 g/mol. The molecule has 1 fully saturated rings. The van der Waals surface area contributed by atoms with Crippen molar-refractivity contribution in [2.75, 3.05) is 12.8 Å². The summed E-state index contributed by atoms with van der Waals surface area (Å²) in [5.41, 5.74) is 1.89. The van der Waals surface area contributed by atoms with Crippen LogP contribution in [0.25, 0.3) is 0 Å². The van der Waals surface area contributed by atoms with Crippen LogP contribution in [0.3, 0.4) is 0 Å². The van der Waals surface area contributed by atoms with Gasteiger partial charge < -0.3 is 5.32 Å². The fraction of sp³-hybridized carbons (Fsp3) is 0.533. The van der Waals surface area contributed by atoms with Crippen LogP contribution in [0.4, 0.5) is 0 Å². The Labute approximate surface area is 114 Å². The second-order valence-corrected chi connectivity index (χ2v) is 6.24. The zero-order valence-electron chi connectivity index (χ0n) is 10.9. The van der Waals surface area contributed by atoms with E-state index in [1.165, 1.54) is 25.7 Å². The van der Waals surface area contributed by atoms with Crippen molar-refractivity contribution >= 4 is 11.8 Å². The van der Waals surface area contributed by atoms with Gasteiger partial charge in [-0.1, -0.05) is 31.0 Å². The molecule has 1 aromatic rings. The standard InChI is InChI=1S/C15H20N2S/c1-18-15(8-4-5-9-15)12-17-11-14-7-3-2-6-13(14)10-16/h2-3,6-7,17H,4-5,8-9,11-12H2,1H3. The Bertz CT molecular complexity index is 430. The van der Waals surface area contributed by atoms with E-state index < -0.39 is 0 Å². The number of benzene rings is 1. The first-order valence-electron chi connectivity index (χ1n) is 6.53. The normalized spacial score (nSPS) is 17.6. The van der Waals surface area contributed by atoms with Crippen LogP contribution in [0.15, 0.2) is 24.3 Å². The highest BCUT2D eigenvalue weighted by molar-refractivity contribution is 8.00. The van der Waals surface area contributed by atoms with E-state index in [4.69, 9.17) is 5.26 Å². The molecule has 0 radical (unpaired) electrons. The van der Waals surface area contributed by atoms with Gasteiger partial charge in [0.05, 0.1) is 11.6 Å². The summed E-state index contributed by atoms with van der Waals surface area (Å²) in [5, 5.41) is 12.6. The zero-order chi connectivity index (χ0) is 12.8. The van der Waals surface area contributed by atoms with E-state index in [1.54, 1.807) is 0 Å². The summed E-state index contributed by atoms with van der Waals surface area (Å²) in [6.07, 6.45) is 7.58. The minimum absolute atomic E-state index is 0.432. The summed E-state index contributed by atoms with van der Waals surface area (Å²) in [5.74, 6) is 0. The number of hydrogen-bond donors (Lipinski definition) is 1. The molecule has 1 aliphatic rings. The Morgan fingerprint density at radius 1 is 1.33 bits per heavy atom. The fourth-order valence-corrected chi connectivity index (χ4v) is 3.62. The van der Waals surface area contributed by atoms with E-state index in [2.05, 4.69) is 17.6 Å². The molecule has 0 unspecified atom stereocenters. The second-order valence-electron chi connectivity index (χ2n) is 4.97. The molecule has 0 heterocycles. The Balaban J connectivity index is 1.90. The maximum atomic E-state index is 9.04. The molecule has 1 aliphatic carbocycles. The first-order chi connectivity index (χ1) is 8.79. The number of nitrogens with zero attached hydrogens (tertiary/aromatic N) is 1. The maximum absolute atomic E-state index is 9.04. The maximum Gasteiger partial charge on any atom is 0.0995 e. The van der Waals surface area contributed by atoms with Crippen LogP contribution in [0, 0.1) is 11.3 Å². The number of hydrogen-bond acceptors (Lipinski definition) is 3. The van der Waals surface area contributed by atoms with Gasteiger partial charge in [0.2, 0.25) is 0 Å². The lowest BCUT2D eigenvalue weighted by Gasteiger charge is -2.27. The van der Waals surface area contributed by atoms with E-state index in [1.807, 2.05) is 36.0 Å². The van der Waals surface area contributed by atoms with Gasteiger partial charge in [0, 0.05) is 17.8 Å². The van der Waals surface area contributed by atoms with Gasteiger partial charge in [-0.15, -0.1) is 0 Å². The SMILES string of the molecule is CSC1(CNCc2ccccc2C#N)CCCC1. The van der Waals surface area contributed by atoms with Crippen molar-refractivity contribution in [2.45, 2.75) is 37.0 Å². The summed E-state index contributed by atoms with van der Waals surface area (Å²) in [4.78, 5) is 0. The molecule has 2 nitrogen and oxygen atoms in total. The topological polar surface area (TPSA) is 35.8 Å². The highest BCUT2D eigenvalue weighted by Gasteiger charge is 2.32. The third-order valence-electron chi connectivity index (χ3n) is 3.85. The molecule has 18 heavy (non-hydrogen) atoms. The van der Waals surface area contributed by atoms with Crippen molar-refractivity contribution in [3.05, 3.63) is 35.4 Å². The Morgan fingerprint density at radius 2 is 2.06 bits per heavy atom. The fourth-order valence-electron chi connectivity index (χ4n) is 2.68. The van der Waals surface area contributed by atoms with E-state index in [0.29, 0.717) is 4.75 Å². The van der Waals surface area contributed by atoms with Crippen LogP contribution in [0.1, 0.15) is 36.8 Å². The molecule has 1 N–H and O–H groups in total. The van der Waals surface area contributed by atoms with Crippen molar-refractivity contribution < 1.29 is 0 Å². The van der Waals surface area contributed by atoms with E-state index in [0.717, 1.165) is 24.2 Å². The molecule has 0 saturated heterocycles. The lowest BCUT2D eigenvalue weighted by atomic mass is 10.1. The summed E-state index contributed by atoms with van der Waals surface area (Å²) >= 11 is 2.00. The third-order valence-corrected chi connectivity index (χ3v) is 5.27. The molecule has 0 aromatic heterocycles. The Morgan fingerprint density at radius 3 is 2.72 bits per heavy atom. The highest BCUT2D eigenvalue weighted by atomic mass is 32.2. The van der Waals surface area contributed by atoms with Crippen LogP contribution in [-0.2, 0) is 6.54 Å². The number of nitrogens with one attached hydrogen (secondary N) is 1. The summed E-state index contributed by atoms with van der Waals surface area (Å²) in [7, 11) is 0. The van der Waals surface area contributed by atoms with E-state index in [-0.39, 0.29) is 0 Å². The quantitative estimate of drug-likeness (QED) is 0.882. The van der Waals surface area contributed by atoms with Crippen LogP contribution in [0.2, 0.25) is 0 Å². The molecule has 0 bridgehead atoms. The first kappa shape index (κ1) is 13.5. The van der Waals surface area contributed by atoms with Gasteiger partial charge in [-0.25, -0.2) is 0 Å². The molecule has 0 spiro atoms. The van der Waals surface area contributed by atoms with E-state index >= 15 is 0 Å². The molecule has 1 aromatic carbocycles. The van der Waals surface area contributed by atoms with Crippen molar-refractivity contribution in [3.63, 3.8) is 0 Å². The number of rotatable bonds is 5. The Kier molecular flexibility index (Phi) is 4.68. The molecule has 1 saturated carbocycles. The minimum Gasteiger partial charge on any atom is -0.311 e. The van der Waals surface area contributed by atoms with Gasteiger partial charge in [-0.3, -0.25) is 0 Å². The van der Waals surface area contributed by atoms with E-state index in [9.17, 15) is 0 Å². The third kappa shape index (κ3) is 3.07. The summed E-state index contributed by atoms with van der Waals surface area (Å²) in [6.45, 7) is 1.85. The lowest BCUT2D eigenvalue weighted by molar-refractivity contribution is 0.533. The highest BCUT2D eigenvalue weighted by Crippen LogP contribution is 2.39. The summed E-state index contributed by atoms with van der Waals surface area (Å²) in [6, 6.07) is 10.1. The zero-order valence-corrected chi connectivity index (χ0v) is 11.7. The molecule has 2 rings (SSSR count). The molecule has 0 aliphatic heterocycles. The predicted octanol–water partition coefficient (Wildman–Crippen LogP) is 3.32. The largest absolute Gasteiger partial charge is 0.311 e. The molecular formula is C15H20N2S. The molecule has 96 valence electrons. The second kappa shape index (κ2) is 6.26. The molecule has 3 heteroatoms. The summed E-state index contributed by atoms with van der Waals surface area (Å²) < 4.78 is 0.432. The Hall–Kier alpha value is -0.980. The van der Waals surface area contributed by atoms with Gasteiger partial charge >= 0.3 is 0 Å². The van der Waals surface area contributed by atoms with Crippen LogP contribution >= 0.6 is 11.8 Å². The van der Waals surface area contributed by atoms with Crippen LogP contribution in [0.5, 0.6) is 0 Å². The van der Waals surface area contributed by atoms with Gasteiger partial charge in [0.15, 0.2) is 0 Å². The van der Waals surface area contributed by atoms with Crippen LogP contribution < -0.4 is 5.32 Å². The lowest BCUT2D eigenvalue weighted by Crippen LogP contribution is -2.34. The number of thioether (sulfide) groups is 1. The average Bonchev–Trinajstić information content (AvgIpc) is 2.89. The molecule has 0 atom stereocenters. The van der Waals surface area contributed by atoms with Gasteiger partial charge in [0.1, 0.15) is 0 Å². The van der Waals surface area contributed by atoms with Crippen molar-refractivity contribution in [3.8, 4) is 6.07 Å². The smallest absolute Gasteiger partial charge is 0.0995 e. The van der Waals surface area contributed by atoms with Gasteiger partial charge in [0.25, 0.3) is 0 Å². The van der Waals surface area contributed by atoms with Crippen molar-refractivity contribution in [1.29, 1.82) is 5.26 Å². The molecule has 0 amide bonds. The average molecular weight is 260 g/mol. The van der Waals surface area contributed by atoms with Crippen LogP contribution in [-0.4, -0.2) is 17.5 Å². The van der Waals surface area contributed by atoms with Gasteiger partial charge in [-0.2, -0.15) is 17.0 Å². The van der Waals surface area contributed by atoms with Crippen molar-refractivity contribution in [1.82, 2.24) is 5.32 Å². The molecular weight excluding hydrogens is 240 g/mol. The van der Waals surface area contributed by atoms with Crippen molar-refractivity contribution in [2.24, 2.45) is 0 Å². The number of nitriles is 1. The first-order valence-corrected chi connectivity index (χ1v) is 7.76. The minimum atomic E-state index is 0.432. The predicted molar refractivity (Wildman–Crippen MR) is 77.6 cm³/mol.